The summed E-state index contributed by atoms with van der Waals surface area (Å²) >= 11 is 6.03. The minimum Gasteiger partial charge on any atom is -0.479 e. The van der Waals surface area contributed by atoms with Gasteiger partial charge in [-0.3, -0.25) is 19.2 Å². The smallest absolute Gasteiger partial charge is 0.308 e. The summed E-state index contributed by atoms with van der Waals surface area (Å²) in [6.45, 7) is 0.473. The van der Waals surface area contributed by atoms with Crippen LogP contribution in [0.1, 0.15) is 51.5 Å². The van der Waals surface area contributed by atoms with Crippen LogP contribution in [-0.2, 0) is 19.1 Å². The Hall–Kier alpha value is -3.93. The van der Waals surface area contributed by atoms with Crippen molar-refractivity contribution in [2.75, 3.05) is 6.61 Å². The number of halogens is 5. The van der Waals surface area contributed by atoms with Crippen molar-refractivity contribution in [2.24, 2.45) is 0 Å². The number of hydrogen-bond acceptors (Lipinski definition) is 6. The number of nitrogens with zero attached hydrogens (tertiary/aromatic N) is 1. The summed E-state index contributed by atoms with van der Waals surface area (Å²) in [5.74, 6) is -11.3. The predicted molar refractivity (Wildman–Crippen MR) is 144 cm³/mol. The molecule has 1 unspecified atom stereocenters. The molecule has 1 saturated carbocycles. The summed E-state index contributed by atoms with van der Waals surface area (Å²) < 4.78 is 66.6. The van der Waals surface area contributed by atoms with Crippen molar-refractivity contribution >= 4 is 40.0 Å². The zero-order valence-electron chi connectivity index (χ0n) is 22.4. The number of ether oxygens (including phenoxy) is 2. The van der Waals surface area contributed by atoms with Crippen molar-refractivity contribution < 1.29 is 41.4 Å². The molecule has 0 spiro atoms. The van der Waals surface area contributed by atoms with Gasteiger partial charge in [-0.05, 0) is 55.7 Å². The van der Waals surface area contributed by atoms with Crippen molar-refractivity contribution in [3.63, 3.8) is 0 Å². The van der Waals surface area contributed by atoms with E-state index in [4.69, 9.17) is 21.1 Å². The van der Waals surface area contributed by atoms with Gasteiger partial charge in [-0.15, -0.1) is 0 Å². The van der Waals surface area contributed by atoms with Crippen molar-refractivity contribution in [3.8, 4) is 5.75 Å². The second-order valence-corrected chi connectivity index (χ2v) is 10.3. The average Bonchev–Trinajstić information content (AvgIpc) is 3.46. The molecule has 2 atom stereocenters. The van der Waals surface area contributed by atoms with Crippen LogP contribution in [0, 0.1) is 23.3 Å². The van der Waals surface area contributed by atoms with E-state index in [2.05, 4.69) is 5.32 Å². The van der Waals surface area contributed by atoms with Crippen LogP contribution in [0.15, 0.2) is 41.3 Å². The van der Waals surface area contributed by atoms with Crippen molar-refractivity contribution in [1.29, 1.82) is 0 Å². The van der Waals surface area contributed by atoms with E-state index < -0.39 is 77.3 Å². The molecule has 0 aliphatic heterocycles. The highest BCUT2D eigenvalue weighted by Gasteiger charge is 2.31. The molecule has 1 amide bonds. The Morgan fingerprint density at radius 3 is 2.36 bits per heavy atom. The number of pyridine rings is 1. The summed E-state index contributed by atoms with van der Waals surface area (Å²) in [5.41, 5.74) is -0.525. The zero-order chi connectivity index (χ0) is 30.6. The van der Waals surface area contributed by atoms with Crippen LogP contribution in [0.4, 0.5) is 17.6 Å². The number of benzene rings is 2. The predicted octanol–water partition coefficient (Wildman–Crippen LogP) is 5.17. The Morgan fingerprint density at radius 2 is 1.71 bits per heavy atom. The highest BCUT2D eigenvalue weighted by molar-refractivity contribution is 6.31. The standard InChI is InChI=1S/C29H27ClF4N2O6/c1-2-22(36-10-9-15-7-8-16(30)11-18(15)29(36)40)28(39)35-21(13-24(38)42-17-5-3-4-6-17)23(37)14-41-27-25(33)19(31)12-20(32)26(27)34/h7-12,17,21-22H,2-6,13-14H2,1H3,(H,35,39)/t21-,22?/m0/s1. The first-order chi connectivity index (χ1) is 20.0. The maximum absolute atomic E-state index is 14.1. The molecule has 1 fully saturated rings. The van der Waals surface area contributed by atoms with E-state index >= 15 is 0 Å². The van der Waals surface area contributed by atoms with Gasteiger partial charge in [0.1, 0.15) is 24.8 Å². The second kappa shape index (κ2) is 13.4. The van der Waals surface area contributed by atoms with Gasteiger partial charge in [0.15, 0.2) is 23.2 Å². The molecule has 2 aromatic carbocycles. The van der Waals surface area contributed by atoms with Gasteiger partial charge in [-0.1, -0.05) is 24.6 Å². The zero-order valence-corrected chi connectivity index (χ0v) is 23.2. The topological polar surface area (TPSA) is 104 Å². The fourth-order valence-electron chi connectivity index (χ4n) is 4.82. The number of fused-ring (bicyclic) bond motifs is 1. The van der Waals surface area contributed by atoms with Crippen LogP contribution in [0.25, 0.3) is 10.8 Å². The maximum Gasteiger partial charge on any atom is 0.308 e. The number of carbonyl (C=O) groups is 3. The van der Waals surface area contributed by atoms with Crippen LogP contribution in [0.2, 0.25) is 5.02 Å². The van der Waals surface area contributed by atoms with E-state index in [1.165, 1.54) is 12.3 Å². The van der Waals surface area contributed by atoms with Crippen molar-refractivity contribution in [1.82, 2.24) is 9.88 Å². The molecule has 0 radical (unpaired) electrons. The van der Waals surface area contributed by atoms with Gasteiger partial charge >= 0.3 is 5.97 Å². The molecular weight excluding hydrogens is 584 g/mol. The van der Waals surface area contributed by atoms with Gasteiger partial charge in [0.25, 0.3) is 5.56 Å². The number of aromatic nitrogens is 1. The number of ketones is 1. The second-order valence-electron chi connectivity index (χ2n) is 9.90. The molecular formula is C29H27ClF4N2O6. The number of rotatable bonds is 11. The molecule has 1 N–H and O–H groups in total. The van der Waals surface area contributed by atoms with Crippen LogP contribution in [0.5, 0.6) is 5.75 Å². The largest absolute Gasteiger partial charge is 0.479 e. The first-order valence-corrected chi connectivity index (χ1v) is 13.7. The highest BCUT2D eigenvalue weighted by atomic mass is 35.5. The number of amides is 1. The summed E-state index contributed by atoms with van der Waals surface area (Å²) in [7, 11) is 0. The summed E-state index contributed by atoms with van der Waals surface area (Å²) in [5, 5.41) is 3.56. The average molecular weight is 611 g/mol. The Morgan fingerprint density at radius 1 is 1.05 bits per heavy atom. The van der Waals surface area contributed by atoms with Gasteiger partial charge in [0, 0.05) is 22.7 Å². The Kier molecular flexibility index (Phi) is 9.87. The van der Waals surface area contributed by atoms with Gasteiger partial charge in [-0.25, -0.2) is 8.78 Å². The van der Waals surface area contributed by atoms with E-state index in [9.17, 15) is 36.7 Å². The molecule has 1 aromatic heterocycles. The van der Waals surface area contributed by atoms with Gasteiger partial charge < -0.3 is 19.4 Å². The number of Topliss-reactive ketones (excluding diaryl/α,β-unsaturated/α-hetero) is 1. The first kappa shape index (κ1) is 31.0. The van der Waals surface area contributed by atoms with Gasteiger partial charge in [0.2, 0.25) is 17.5 Å². The maximum atomic E-state index is 14.1. The lowest BCUT2D eigenvalue weighted by Gasteiger charge is -2.23. The Balaban J connectivity index is 1.57. The van der Waals surface area contributed by atoms with Crippen LogP contribution < -0.4 is 15.6 Å². The molecule has 13 heteroatoms. The molecule has 3 aromatic rings. The summed E-state index contributed by atoms with van der Waals surface area (Å²) in [6.07, 6.45) is 3.47. The molecule has 8 nitrogen and oxygen atoms in total. The molecule has 1 aliphatic carbocycles. The number of carbonyl (C=O) groups excluding carboxylic acids is 3. The van der Waals surface area contributed by atoms with E-state index in [1.807, 2.05) is 0 Å². The Labute approximate surface area is 242 Å². The minimum absolute atomic E-state index is 0.0189. The monoisotopic (exact) mass is 610 g/mol. The lowest BCUT2D eigenvalue weighted by molar-refractivity contribution is -0.151. The van der Waals surface area contributed by atoms with Crippen LogP contribution in [-0.4, -0.2) is 41.0 Å². The first-order valence-electron chi connectivity index (χ1n) is 13.3. The molecule has 224 valence electrons. The van der Waals surface area contributed by atoms with Gasteiger partial charge in [-0.2, -0.15) is 8.78 Å². The SMILES string of the molecule is CCC(C(=O)N[C@@H](CC(=O)OC1CCCC1)C(=O)COc1c(F)c(F)cc(F)c1F)n1ccc2ccc(Cl)cc2c1=O. The van der Waals surface area contributed by atoms with E-state index in [1.54, 1.807) is 25.1 Å². The molecule has 0 bridgehead atoms. The third-order valence-corrected chi connectivity index (χ3v) is 7.26. The fraction of sp³-hybridized carbons (Fsp3) is 0.379. The quantitative estimate of drug-likeness (QED) is 0.183. The molecule has 1 aliphatic rings. The third kappa shape index (κ3) is 6.92. The van der Waals surface area contributed by atoms with Crippen molar-refractivity contribution in [3.05, 3.63) is 75.2 Å². The third-order valence-electron chi connectivity index (χ3n) is 7.03. The lowest BCUT2D eigenvalue weighted by atomic mass is 10.1. The summed E-state index contributed by atoms with van der Waals surface area (Å²) in [6, 6.07) is 3.55. The number of hydrogen-bond donors (Lipinski definition) is 1. The lowest BCUT2D eigenvalue weighted by Crippen LogP contribution is -2.48. The van der Waals surface area contributed by atoms with Crippen LogP contribution >= 0.6 is 11.6 Å². The normalized spacial score (nSPS) is 14.9. The van der Waals surface area contributed by atoms with Gasteiger partial charge in [0.05, 0.1) is 6.42 Å². The highest BCUT2D eigenvalue weighted by Crippen LogP contribution is 2.27. The number of esters is 1. The molecule has 0 saturated heterocycles. The fourth-order valence-corrected chi connectivity index (χ4v) is 4.99. The van der Waals surface area contributed by atoms with Crippen molar-refractivity contribution in [2.45, 2.75) is 63.6 Å². The van der Waals surface area contributed by atoms with E-state index in [0.29, 0.717) is 23.3 Å². The summed E-state index contributed by atoms with van der Waals surface area (Å²) in [4.78, 5) is 52.3. The van der Waals surface area contributed by atoms with E-state index in [0.717, 1.165) is 17.4 Å². The molecule has 42 heavy (non-hydrogen) atoms. The van der Waals surface area contributed by atoms with Crippen LogP contribution in [0.3, 0.4) is 0 Å². The molecule has 1 heterocycles. The van der Waals surface area contributed by atoms with E-state index in [-0.39, 0.29) is 24.0 Å². The minimum atomic E-state index is -1.86. The Bertz CT molecular complexity index is 1550. The molecule has 4 rings (SSSR count). The number of nitrogens with one attached hydrogen (secondary N) is 1.